The van der Waals surface area contributed by atoms with E-state index < -0.39 is 0 Å². The third kappa shape index (κ3) is 5.55. The maximum atomic E-state index is 6.46. The van der Waals surface area contributed by atoms with Crippen LogP contribution >= 0.6 is 0 Å². The third-order valence-corrected chi connectivity index (χ3v) is 7.96. The molecule has 0 bridgehead atoms. The minimum atomic E-state index is 0. The first-order valence-corrected chi connectivity index (χ1v) is 14.9. The number of benzene rings is 4. The van der Waals surface area contributed by atoms with Crippen LogP contribution in [0, 0.1) is 19.1 Å². The first-order chi connectivity index (χ1) is 21.6. The van der Waals surface area contributed by atoms with Crippen LogP contribution in [0.3, 0.4) is 0 Å². The number of aryl methyl sites for hydroxylation is 2. The van der Waals surface area contributed by atoms with Gasteiger partial charge in [0, 0.05) is 40.2 Å². The molecule has 0 aliphatic rings. The summed E-state index contributed by atoms with van der Waals surface area (Å²) in [6, 6.07) is 37.7. The summed E-state index contributed by atoms with van der Waals surface area (Å²) in [6.45, 7) is 6.37. The summed E-state index contributed by atoms with van der Waals surface area (Å²) in [6.07, 6.45) is 3.46. The van der Waals surface area contributed by atoms with E-state index in [2.05, 4.69) is 97.1 Å². The van der Waals surface area contributed by atoms with Gasteiger partial charge in [-0.25, -0.2) is 4.98 Å². The Morgan fingerprint density at radius 3 is 2.36 bits per heavy atom. The Morgan fingerprint density at radius 1 is 0.800 bits per heavy atom. The van der Waals surface area contributed by atoms with Gasteiger partial charge in [0.15, 0.2) is 0 Å². The second kappa shape index (κ2) is 12.7. The third-order valence-electron chi connectivity index (χ3n) is 7.96. The second-order valence-electron chi connectivity index (χ2n) is 10.8. The molecule has 7 heteroatoms. The van der Waals surface area contributed by atoms with Crippen molar-refractivity contribution in [2.24, 2.45) is 0 Å². The first kappa shape index (κ1) is 30.3. The Labute approximate surface area is 276 Å². The van der Waals surface area contributed by atoms with Gasteiger partial charge in [-0.1, -0.05) is 74.0 Å². The normalized spacial score (nSPS) is 11.1. The summed E-state index contributed by atoms with van der Waals surface area (Å²) in [5.41, 5.74) is 8.35. The molecule has 0 saturated carbocycles. The molecule has 7 rings (SSSR count). The average molecular weight is 683 g/mol. The molecule has 0 N–H and O–H groups in total. The van der Waals surface area contributed by atoms with E-state index in [1.807, 2.05) is 47.3 Å². The summed E-state index contributed by atoms with van der Waals surface area (Å²) in [4.78, 5) is 4.69. The fraction of sp³-hybridized carbons (Fsp3) is 0.158. The van der Waals surface area contributed by atoms with Crippen LogP contribution in [0.25, 0.3) is 44.4 Å². The van der Waals surface area contributed by atoms with Gasteiger partial charge < -0.3 is 14.0 Å². The Kier molecular flexibility index (Phi) is 8.58. The van der Waals surface area contributed by atoms with Crippen molar-refractivity contribution in [3.63, 3.8) is 0 Å². The van der Waals surface area contributed by atoms with E-state index in [1.165, 1.54) is 5.56 Å². The van der Waals surface area contributed by atoms with Crippen molar-refractivity contribution < 1.29 is 29.9 Å². The van der Waals surface area contributed by atoms with Crippen molar-refractivity contribution in [3.8, 4) is 39.9 Å². The SMILES string of the molecule is CCc1nn(-c2[c-]c(Oc3[c-]c4c(cc3)c3ccccc3n4-c3cc(C)ccn3)cc(OC)c2)c(CC)c1-c1ccccc1.[Pd+2]. The topological polar surface area (TPSA) is 54.1 Å². The fourth-order valence-electron chi connectivity index (χ4n) is 5.94. The smallest absolute Gasteiger partial charge is 0.522 e. The van der Waals surface area contributed by atoms with Gasteiger partial charge in [0.1, 0.15) is 5.82 Å². The zero-order valence-electron chi connectivity index (χ0n) is 25.6. The number of methoxy groups -OCH3 is 1. The summed E-state index contributed by atoms with van der Waals surface area (Å²) < 4.78 is 16.3. The number of hydrogen-bond acceptors (Lipinski definition) is 4. The van der Waals surface area contributed by atoms with Crippen LogP contribution in [0.2, 0.25) is 0 Å². The molecule has 0 spiro atoms. The number of fused-ring (bicyclic) bond motifs is 3. The van der Waals surface area contributed by atoms with Gasteiger partial charge in [-0.3, -0.25) is 4.68 Å². The van der Waals surface area contributed by atoms with Crippen molar-refractivity contribution in [1.29, 1.82) is 0 Å². The molecule has 0 amide bonds. The van der Waals surface area contributed by atoms with Crippen molar-refractivity contribution in [2.75, 3.05) is 7.11 Å². The number of para-hydroxylation sites is 1. The van der Waals surface area contributed by atoms with E-state index in [4.69, 9.17) is 14.6 Å². The number of rotatable bonds is 8. The minimum Gasteiger partial charge on any atom is -0.522 e. The standard InChI is InChI=1S/C38H32N4O2.Pd/c1-5-33-38(26-12-8-7-9-13-26)34(6-2)42(40-33)27-21-29(43-4)23-30(22-27)44-28-16-17-32-31-14-10-11-15-35(31)41(36(32)24-28)37-20-25(3)18-19-39-37;/h7-21,23H,5-6H2,1-4H3;/q-2;+2. The summed E-state index contributed by atoms with van der Waals surface area (Å²) in [7, 11) is 1.66. The molecule has 0 atom stereocenters. The van der Waals surface area contributed by atoms with E-state index in [0.717, 1.165) is 68.7 Å². The number of hydrogen-bond donors (Lipinski definition) is 0. The molecule has 3 heterocycles. The zero-order valence-corrected chi connectivity index (χ0v) is 27.1. The van der Waals surface area contributed by atoms with E-state index in [1.54, 1.807) is 7.11 Å². The summed E-state index contributed by atoms with van der Waals surface area (Å²) in [5.74, 6) is 2.58. The Balaban J connectivity index is 0.00000357. The van der Waals surface area contributed by atoms with Crippen molar-refractivity contribution >= 4 is 21.8 Å². The average Bonchev–Trinajstić information content (AvgIpc) is 3.60. The van der Waals surface area contributed by atoms with Crippen LogP contribution in [0.15, 0.2) is 97.2 Å². The van der Waals surface area contributed by atoms with Gasteiger partial charge in [0.2, 0.25) is 0 Å². The monoisotopic (exact) mass is 682 g/mol. The quantitative estimate of drug-likeness (QED) is 0.119. The van der Waals surface area contributed by atoms with Gasteiger partial charge >= 0.3 is 20.4 Å². The number of nitrogens with zero attached hydrogens (tertiary/aromatic N) is 4. The van der Waals surface area contributed by atoms with Crippen LogP contribution in [-0.4, -0.2) is 26.4 Å². The predicted octanol–water partition coefficient (Wildman–Crippen LogP) is 8.86. The largest absolute Gasteiger partial charge is 2.00 e. The van der Waals surface area contributed by atoms with Gasteiger partial charge in [0.05, 0.1) is 12.8 Å². The van der Waals surface area contributed by atoms with Crippen molar-refractivity contribution in [3.05, 3.63) is 126 Å². The van der Waals surface area contributed by atoms with Gasteiger partial charge in [-0.05, 0) is 60.2 Å². The molecule has 45 heavy (non-hydrogen) atoms. The second-order valence-corrected chi connectivity index (χ2v) is 10.8. The van der Waals surface area contributed by atoms with Gasteiger partial charge in [-0.15, -0.1) is 29.7 Å². The van der Waals surface area contributed by atoms with E-state index in [-0.39, 0.29) is 20.4 Å². The molecule has 0 fully saturated rings. The van der Waals surface area contributed by atoms with Crippen LogP contribution in [0.5, 0.6) is 17.2 Å². The van der Waals surface area contributed by atoms with E-state index in [9.17, 15) is 0 Å². The number of aromatic nitrogens is 4. The van der Waals surface area contributed by atoms with Gasteiger partial charge in [0.25, 0.3) is 0 Å². The van der Waals surface area contributed by atoms with Gasteiger partial charge in [-0.2, -0.15) is 11.2 Å². The molecule has 226 valence electrons. The first-order valence-electron chi connectivity index (χ1n) is 14.9. The number of pyridine rings is 1. The summed E-state index contributed by atoms with van der Waals surface area (Å²) in [5, 5.41) is 7.26. The molecule has 0 aliphatic heterocycles. The molecule has 3 aromatic heterocycles. The Morgan fingerprint density at radius 2 is 1.60 bits per heavy atom. The molecule has 4 aromatic carbocycles. The van der Waals surface area contributed by atoms with E-state index in [0.29, 0.717) is 17.2 Å². The van der Waals surface area contributed by atoms with Crippen molar-refractivity contribution in [1.82, 2.24) is 19.3 Å². The number of ether oxygens (including phenoxy) is 2. The Bertz CT molecular complexity index is 2130. The predicted molar refractivity (Wildman–Crippen MR) is 175 cm³/mol. The fourth-order valence-corrected chi connectivity index (χ4v) is 5.94. The summed E-state index contributed by atoms with van der Waals surface area (Å²) >= 11 is 0. The molecule has 0 radical (unpaired) electrons. The molecular weight excluding hydrogens is 651 g/mol. The van der Waals surface area contributed by atoms with Crippen molar-refractivity contribution in [2.45, 2.75) is 33.6 Å². The van der Waals surface area contributed by atoms with Crippen LogP contribution in [-0.2, 0) is 33.3 Å². The Hall–Kier alpha value is -4.70. The van der Waals surface area contributed by atoms with Crippen LogP contribution in [0.1, 0.15) is 30.8 Å². The minimum absolute atomic E-state index is 0. The molecule has 6 nitrogen and oxygen atoms in total. The van der Waals surface area contributed by atoms with Crippen LogP contribution in [0.4, 0.5) is 0 Å². The maximum absolute atomic E-state index is 6.46. The molecule has 0 saturated heterocycles. The molecule has 0 aliphatic carbocycles. The molecular formula is C38H32N4O2Pd. The van der Waals surface area contributed by atoms with Crippen LogP contribution < -0.4 is 9.47 Å². The molecule has 0 unspecified atom stereocenters. The maximum Gasteiger partial charge on any atom is 2.00 e. The van der Waals surface area contributed by atoms with E-state index >= 15 is 0 Å². The molecule has 7 aromatic rings. The zero-order chi connectivity index (χ0) is 30.2.